The van der Waals surface area contributed by atoms with Crippen LogP contribution in [0.15, 0.2) is 0 Å². The maximum absolute atomic E-state index is 12.0. The molecule has 0 spiro atoms. The minimum absolute atomic E-state index is 0.0783. The number of nitrogens with zero attached hydrogens (tertiary/aromatic N) is 1. The van der Waals surface area contributed by atoms with Crippen LogP contribution in [-0.4, -0.2) is 51.2 Å². The van der Waals surface area contributed by atoms with Crippen LogP contribution in [0, 0.1) is 11.3 Å². The Morgan fingerprint density at radius 1 is 1.41 bits per heavy atom. The lowest BCUT2D eigenvalue weighted by molar-refractivity contribution is -0.127. The molecule has 1 atom stereocenters. The van der Waals surface area contributed by atoms with Gasteiger partial charge in [-0.05, 0) is 19.9 Å². The summed E-state index contributed by atoms with van der Waals surface area (Å²) in [4.78, 5) is 14.0. The topological polar surface area (TPSA) is 54.5 Å². The fourth-order valence-corrected chi connectivity index (χ4v) is 2.95. The van der Waals surface area contributed by atoms with Crippen LogP contribution in [0.5, 0.6) is 0 Å². The molecule has 1 aliphatic carbocycles. The molecular weight excluding hydrogens is 238 g/mol. The van der Waals surface area contributed by atoms with E-state index in [-0.39, 0.29) is 17.1 Å². The van der Waals surface area contributed by atoms with Crippen molar-refractivity contribution in [1.29, 1.82) is 0 Å². The molecule has 0 saturated heterocycles. The minimum Gasteiger partial charge on any atom is -0.305 e. The molecular formula is C12H23NO3S. The summed E-state index contributed by atoms with van der Waals surface area (Å²) < 4.78 is 22.1. The number of ketones is 1. The lowest BCUT2D eigenvalue weighted by atomic mass is 9.89. The molecule has 0 amide bonds. The second-order valence-electron chi connectivity index (χ2n) is 5.88. The zero-order chi connectivity index (χ0) is 13.3. The molecule has 5 heteroatoms. The first-order valence-corrected chi connectivity index (χ1v) is 8.08. The van der Waals surface area contributed by atoms with Crippen molar-refractivity contribution >= 4 is 15.6 Å². The van der Waals surface area contributed by atoms with Gasteiger partial charge >= 0.3 is 0 Å². The van der Waals surface area contributed by atoms with Crippen molar-refractivity contribution in [3.8, 4) is 0 Å². The quantitative estimate of drug-likeness (QED) is 0.740. The molecule has 0 heterocycles. The average molecular weight is 261 g/mol. The van der Waals surface area contributed by atoms with Crippen LogP contribution in [0.3, 0.4) is 0 Å². The van der Waals surface area contributed by atoms with Gasteiger partial charge in [0.2, 0.25) is 0 Å². The van der Waals surface area contributed by atoms with Crippen molar-refractivity contribution in [2.24, 2.45) is 11.3 Å². The van der Waals surface area contributed by atoms with E-state index >= 15 is 0 Å². The summed E-state index contributed by atoms with van der Waals surface area (Å²) in [6, 6.07) is 0. The molecule has 1 unspecified atom stereocenters. The van der Waals surface area contributed by atoms with Gasteiger partial charge in [0.15, 0.2) is 0 Å². The van der Waals surface area contributed by atoms with Gasteiger partial charge in [0.1, 0.15) is 15.6 Å². The number of carbonyl (C=O) groups excluding carboxylic acids is 1. The first-order valence-electron chi connectivity index (χ1n) is 6.02. The fraction of sp³-hybridized carbons (Fsp3) is 0.917. The van der Waals surface area contributed by atoms with E-state index < -0.39 is 9.84 Å². The summed E-state index contributed by atoms with van der Waals surface area (Å²) in [5, 5.41) is 0. The van der Waals surface area contributed by atoms with Gasteiger partial charge in [0.05, 0.1) is 5.75 Å². The van der Waals surface area contributed by atoms with Crippen molar-refractivity contribution in [2.45, 2.75) is 26.7 Å². The van der Waals surface area contributed by atoms with E-state index in [0.29, 0.717) is 18.9 Å². The Bertz CT molecular complexity index is 387. The van der Waals surface area contributed by atoms with Gasteiger partial charge in [0, 0.05) is 30.7 Å². The highest BCUT2D eigenvalue weighted by atomic mass is 32.2. The van der Waals surface area contributed by atoms with Crippen molar-refractivity contribution in [2.75, 3.05) is 32.1 Å². The second kappa shape index (κ2) is 5.06. The number of hydrogen-bond donors (Lipinski definition) is 0. The second-order valence-corrected chi connectivity index (χ2v) is 8.14. The largest absolute Gasteiger partial charge is 0.305 e. The first-order chi connectivity index (χ1) is 7.62. The molecule has 17 heavy (non-hydrogen) atoms. The van der Waals surface area contributed by atoms with Crippen LogP contribution >= 0.6 is 0 Å². The molecule has 1 fully saturated rings. The molecule has 1 saturated carbocycles. The molecule has 100 valence electrons. The Hall–Kier alpha value is -0.420. The highest BCUT2D eigenvalue weighted by Gasteiger charge is 2.40. The molecule has 1 aliphatic rings. The van der Waals surface area contributed by atoms with E-state index in [2.05, 4.69) is 0 Å². The maximum atomic E-state index is 12.0. The van der Waals surface area contributed by atoms with Gasteiger partial charge in [0.25, 0.3) is 0 Å². The van der Waals surface area contributed by atoms with Crippen LogP contribution in [0.4, 0.5) is 0 Å². The SMILES string of the molecule is CN(CCS(C)(=O)=O)CC1CCC(C)(C)C1=O. The highest BCUT2D eigenvalue weighted by Crippen LogP contribution is 2.37. The molecule has 0 aliphatic heterocycles. The van der Waals surface area contributed by atoms with Crippen LogP contribution in [0.2, 0.25) is 0 Å². The minimum atomic E-state index is -2.92. The van der Waals surface area contributed by atoms with E-state index in [1.165, 1.54) is 6.26 Å². The normalized spacial score (nSPS) is 24.5. The Kier molecular flexibility index (Phi) is 4.36. The summed E-state index contributed by atoms with van der Waals surface area (Å²) in [6.45, 7) is 5.17. The molecule has 0 radical (unpaired) electrons. The number of carbonyl (C=O) groups is 1. The van der Waals surface area contributed by atoms with Crippen molar-refractivity contribution in [3.63, 3.8) is 0 Å². The summed E-state index contributed by atoms with van der Waals surface area (Å²) in [7, 11) is -1.04. The molecule has 0 aromatic rings. The fourth-order valence-electron chi connectivity index (χ4n) is 2.31. The Labute approximate surface area is 104 Å². The number of Topliss-reactive ketones (excluding diaryl/α,β-unsaturated/α-hetero) is 1. The number of rotatable bonds is 5. The molecule has 0 N–H and O–H groups in total. The van der Waals surface area contributed by atoms with E-state index in [1.54, 1.807) is 0 Å². The third-order valence-corrected chi connectivity index (χ3v) is 4.46. The lowest BCUT2D eigenvalue weighted by Gasteiger charge is -2.21. The van der Waals surface area contributed by atoms with Crippen LogP contribution in [-0.2, 0) is 14.6 Å². The Morgan fingerprint density at radius 3 is 2.41 bits per heavy atom. The van der Waals surface area contributed by atoms with Gasteiger partial charge in [-0.1, -0.05) is 13.8 Å². The third-order valence-electron chi connectivity index (χ3n) is 3.53. The lowest BCUT2D eigenvalue weighted by Crippen LogP contribution is -2.33. The Balaban J connectivity index is 2.43. The molecule has 0 bridgehead atoms. The van der Waals surface area contributed by atoms with E-state index in [0.717, 1.165) is 12.8 Å². The van der Waals surface area contributed by atoms with E-state index in [9.17, 15) is 13.2 Å². The summed E-state index contributed by atoms with van der Waals surface area (Å²) in [6.07, 6.45) is 3.11. The number of sulfone groups is 1. The van der Waals surface area contributed by atoms with E-state index in [1.807, 2.05) is 25.8 Å². The molecule has 4 nitrogen and oxygen atoms in total. The molecule has 0 aromatic carbocycles. The van der Waals surface area contributed by atoms with Gasteiger partial charge in [-0.25, -0.2) is 8.42 Å². The third kappa shape index (κ3) is 4.39. The molecule has 1 rings (SSSR count). The predicted molar refractivity (Wildman–Crippen MR) is 68.7 cm³/mol. The van der Waals surface area contributed by atoms with Crippen molar-refractivity contribution in [3.05, 3.63) is 0 Å². The van der Waals surface area contributed by atoms with Crippen molar-refractivity contribution < 1.29 is 13.2 Å². The van der Waals surface area contributed by atoms with Crippen LogP contribution in [0.1, 0.15) is 26.7 Å². The summed E-state index contributed by atoms with van der Waals surface area (Å²) in [5.74, 6) is 0.562. The van der Waals surface area contributed by atoms with E-state index in [4.69, 9.17) is 0 Å². The van der Waals surface area contributed by atoms with Gasteiger partial charge in [-0.3, -0.25) is 4.79 Å². The maximum Gasteiger partial charge on any atom is 0.148 e. The smallest absolute Gasteiger partial charge is 0.148 e. The van der Waals surface area contributed by atoms with Crippen molar-refractivity contribution in [1.82, 2.24) is 4.90 Å². The zero-order valence-corrected chi connectivity index (χ0v) is 12.0. The van der Waals surface area contributed by atoms with Gasteiger partial charge in [-0.15, -0.1) is 0 Å². The monoisotopic (exact) mass is 261 g/mol. The highest BCUT2D eigenvalue weighted by molar-refractivity contribution is 7.90. The average Bonchev–Trinajstić information content (AvgIpc) is 2.41. The Morgan fingerprint density at radius 2 is 2.00 bits per heavy atom. The zero-order valence-electron chi connectivity index (χ0n) is 11.2. The first kappa shape index (κ1) is 14.6. The van der Waals surface area contributed by atoms with Crippen LogP contribution in [0.25, 0.3) is 0 Å². The predicted octanol–water partition coefficient (Wildman–Crippen LogP) is 0.968. The van der Waals surface area contributed by atoms with Gasteiger partial charge in [-0.2, -0.15) is 0 Å². The summed E-state index contributed by atoms with van der Waals surface area (Å²) in [5.41, 5.74) is -0.192. The standard InChI is InChI=1S/C12H23NO3S/c1-12(2)6-5-10(11(12)14)9-13(3)7-8-17(4,15)16/h10H,5-9H2,1-4H3. The molecule has 0 aromatic heterocycles. The summed E-state index contributed by atoms with van der Waals surface area (Å²) >= 11 is 0. The number of hydrogen-bond acceptors (Lipinski definition) is 4. The van der Waals surface area contributed by atoms with Crippen LogP contribution < -0.4 is 0 Å². The van der Waals surface area contributed by atoms with Gasteiger partial charge < -0.3 is 4.90 Å².